The van der Waals surface area contributed by atoms with E-state index >= 15 is 0 Å². The highest BCUT2D eigenvalue weighted by Crippen LogP contribution is 2.09. The zero-order valence-corrected chi connectivity index (χ0v) is 11.4. The van der Waals surface area contributed by atoms with Crippen LogP contribution in [0.15, 0.2) is 24.3 Å². The zero-order chi connectivity index (χ0) is 14.5. The Hall–Kier alpha value is -1.95. The number of benzene rings is 1. The van der Waals surface area contributed by atoms with Gasteiger partial charge in [0.15, 0.2) is 0 Å². The fourth-order valence-corrected chi connectivity index (χ4v) is 2.17. The van der Waals surface area contributed by atoms with Crippen LogP contribution in [-0.4, -0.2) is 42.4 Å². The van der Waals surface area contributed by atoms with Crippen molar-refractivity contribution in [1.82, 2.24) is 10.2 Å². The Morgan fingerprint density at radius 3 is 2.80 bits per heavy atom. The van der Waals surface area contributed by atoms with Crippen molar-refractivity contribution in [3.8, 4) is 0 Å². The minimum absolute atomic E-state index is 0.0222. The summed E-state index contributed by atoms with van der Waals surface area (Å²) in [6.07, 6.45) is 0.703. The summed E-state index contributed by atoms with van der Waals surface area (Å²) >= 11 is 0. The number of hydrogen-bond donors (Lipinski definition) is 2. The Kier molecular flexibility index (Phi) is 4.68. The van der Waals surface area contributed by atoms with Gasteiger partial charge in [0.2, 0.25) is 11.8 Å². The number of carbonyl (C=O) groups excluding carboxylic acids is 2. The molecule has 0 aromatic heterocycles. The van der Waals surface area contributed by atoms with Crippen LogP contribution in [0.1, 0.15) is 13.3 Å². The Labute approximate surface area is 117 Å². The van der Waals surface area contributed by atoms with E-state index in [0.29, 0.717) is 25.2 Å². The molecular formula is C14H18FN3O2. The first-order valence-electron chi connectivity index (χ1n) is 6.67. The number of halogens is 1. The molecule has 1 heterocycles. The fourth-order valence-electron chi connectivity index (χ4n) is 2.17. The first-order chi connectivity index (χ1) is 9.60. The van der Waals surface area contributed by atoms with Crippen molar-refractivity contribution in [2.24, 2.45) is 0 Å². The molecule has 20 heavy (non-hydrogen) atoms. The van der Waals surface area contributed by atoms with Crippen LogP contribution in [0.25, 0.3) is 0 Å². The van der Waals surface area contributed by atoms with Crippen molar-refractivity contribution in [3.05, 3.63) is 30.1 Å². The number of nitrogens with zero attached hydrogens (tertiary/aromatic N) is 1. The van der Waals surface area contributed by atoms with E-state index < -0.39 is 0 Å². The lowest BCUT2D eigenvalue weighted by Crippen LogP contribution is -2.56. The monoisotopic (exact) mass is 279 g/mol. The van der Waals surface area contributed by atoms with E-state index in [-0.39, 0.29) is 30.2 Å². The average molecular weight is 279 g/mol. The van der Waals surface area contributed by atoms with Crippen LogP contribution < -0.4 is 10.6 Å². The molecule has 0 aliphatic carbocycles. The molecule has 0 radical (unpaired) electrons. The van der Waals surface area contributed by atoms with Crippen molar-refractivity contribution in [2.45, 2.75) is 19.4 Å². The standard InChI is InChI=1S/C14H18FN3O2/c1-2-12-14(20)18(8-7-16-12)9-13(19)17-11-5-3-10(15)4-6-11/h3-6,12,16H,2,7-9H2,1H3,(H,17,19). The van der Waals surface area contributed by atoms with Gasteiger partial charge in [0.05, 0.1) is 12.6 Å². The fraction of sp³-hybridized carbons (Fsp3) is 0.429. The lowest BCUT2D eigenvalue weighted by Gasteiger charge is -2.32. The maximum absolute atomic E-state index is 12.8. The molecule has 1 unspecified atom stereocenters. The lowest BCUT2D eigenvalue weighted by molar-refractivity contribution is -0.138. The van der Waals surface area contributed by atoms with Crippen LogP contribution in [0, 0.1) is 5.82 Å². The topological polar surface area (TPSA) is 61.4 Å². The second-order valence-corrected chi connectivity index (χ2v) is 4.73. The summed E-state index contributed by atoms with van der Waals surface area (Å²) in [7, 11) is 0. The lowest BCUT2D eigenvalue weighted by atomic mass is 10.1. The molecule has 2 N–H and O–H groups in total. The molecule has 1 atom stereocenters. The van der Waals surface area contributed by atoms with Crippen LogP contribution in [-0.2, 0) is 9.59 Å². The highest BCUT2D eigenvalue weighted by molar-refractivity contribution is 5.95. The first kappa shape index (κ1) is 14.5. The van der Waals surface area contributed by atoms with Gasteiger partial charge >= 0.3 is 0 Å². The summed E-state index contributed by atoms with van der Waals surface area (Å²) in [5.74, 6) is -0.680. The molecule has 2 rings (SSSR count). The molecule has 5 nitrogen and oxygen atoms in total. The number of nitrogens with one attached hydrogen (secondary N) is 2. The quantitative estimate of drug-likeness (QED) is 0.863. The molecule has 0 spiro atoms. The van der Waals surface area contributed by atoms with E-state index in [1.165, 1.54) is 24.3 Å². The van der Waals surface area contributed by atoms with E-state index in [4.69, 9.17) is 0 Å². The van der Waals surface area contributed by atoms with Crippen LogP contribution in [0.5, 0.6) is 0 Å². The van der Waals surface area contributed by atoms with E-state index in [1.54, 1.807) is 4.90 Å². The number of anilines is 1. The molecule has 6 heteroatoms. The van der Waals surface area contributed by atoms with Gasteiger partial charge in [0, 0.05) is 18.8 Å². The van der Waals surface area contributed by atoms with Gasteiger partial charge in [-0.3, -0.25) is 9.59 Å². The highest BCUT2D eigenvalue weighted by Gasteiger charge is 2.27. The minimum Gasteiger partial charge on any atom is -0.331 e. The minimum atomic E-state index is -0.355. The van der Waals surface area contributed by atoms with E-state index in [1.807, 2.05) is 6.92 Å². The second-order valence-electron chi connectivity index (χ2n) is 4.73. The van der Waals surface area contributed by atoms with Crippen molar-refractivity contribution in [1.29, 1.82) is 0 Å². The molecule has 1 aromatic carbocycles. The third kappa shape index (κ3) is 3.54. The number of piperazine rings is 1. The van der Waals surface area contributed by atoms with Gasteiger partial charge in [-0.1, -0.05) is 6.92 Å². The van der Waals surface area contributed by atoms with Gasteiger partial charge in [-0.15, -0.1) is 0 Å². The van der Waals surface area contributed by atoms with Crippen molar-refractivity contribution < 1.29 is 14.0 Å². The predicted octanol–water partition coefficient (Wildman–Crippen LogP) is 0.975. The average Bonchev–Trinajstić information content (AvgIpc) is 2.44. The Balaban J connectivity index is 1.90. The first-order valence-corrected chi connectivity index (χ1v) is 6.67. The van der Waals surface area contributed by atoms with Gasteiger partial charge in [-0.05, 0) is 30.7 Å². The molecule has 1 fully saturated rings. The van der Waals surface area contributed by atoms with Gasteiger partial charge in [-0.2, -0.15) is 0 Å². The number of rotatable bonds is 4. The van der Waals surface area contributed by atoms with E-state index in [9.17, 15) is 14.0 Å². The largest absolute Gasteiger partial charge is 0.331 e. The molecule has 1 aliphatic heterocycles. The summed E-state index contributed by atoms with van der Waals surface area (Å²) in [5, 5.41) is 5.76. The number of amides is 2. The Morgan fingerprint density at radius 1 is 1.45 bits per heavy atom. The third-order valence-electron chi connectivity index (χ3n) is 3.25. The number of hydrogen-bond acceptors (Lipinski definition) is 3. The van der Waals surface area contributed by atoms with Crippen molar-refractivity contribution in [2.75, 3.05) is 25.0 Å². The van der Waals surface area contributed by atoms with Crippen molar-refractivity contribution in [3.63, 3.8) is 0 Å². The summed E-state index contributed by atoms with van der Waals surface area (Å²) in [6, 6.07) is 5.32. The van der Waals surface area contributed by atoms with Crippen LogP contribution in [0.2, 0.25) is 0 Å². The van der Waals surface area contributed by atoms with E-state index in [2.05, 4.69) is 10.6 Å². The second kappa shape index (κ2) is 6.47. The smallest absolute Gasteiger partial charge is 0.243 e. The molecule has 1 aliphatic rings. The molecule has 0 saturated carbocycles. The molecule has 0 bridgehead atoms. The SMILES string of the molecule is CCC1NCCN(CC(=O)Nc2ccc(F)cc2)C1=O. The van der Waals surface area contributed by atoms with Gasteiger partial charge in [0.1, 0.15) is 5.82 Å². The molecule has 2 amide bonds. The third-order valence-corrected chi connectivity index (χ3v) is 3.25. The van der Waals surface area contributed by atoms with Gasteiger partial charge in [0.25, 0.3) is 0 Å². The summed E-state index contributed by atoms with van der Waals surface area (Å²) in [4.78, 5) is 25.5. The predicted molar refractivity (Wildman–Crippen MR) is 73.7 cm³/mol. The zero-order valence-electron chi connectivity index (χ0n) is 11.4. The summed E-state index contributed by atoms with van der Waals surface area (Å²) < 4.78 is 12.8. The highest BCUT2D eigenvalue weighted by atomic mass is 19.1. The maximum Gasteiger partial charge on any atom is 0.243 e. The number of carbonyl (C=O) groups is 2. The molecule has 108 valence electrons. The summed E-state index contributed by atoms with van der Waals surface area (Å²) in [5.41, 5.74) is 0.519. The Morgan fingerprint density at radius 2 is 2.15 bits per heavy atom. The maximum atomic E-state index is 12.8. The molecule has 1 aromatic rings. The van der Waals surface area contributed by atoms with Gasteiger partial charge in [-0.25, -0.2) is 4.39 Å². The molecular weight excluding hydrogens is 261 g/mol. The normalized spacial score (nSPS) is 19.0. The van der Waals surface area contributed by atoms with Crippen molar-refractivity contribution >= 4 is 17.5 Å². The van der Waals surface area contributed by atoms with Crippen LogP contribution in [0.3, 0.4) is 0 Å². The van der Waals surface area contributed by atoms with Crippen LogP contribution in [0.4, 0.5) is 10.1 Å². The van der Waals surface area contributed by atoms with Crippen LogP contribution >= 0.6 is 0 Å². The Bertz CT molecular complexity index is 490. The van der Waals surface area contributed by atoms with Gasteiger partial charge < -0.3 is 15.5 Å². The van der Waals surface area contributed by atoms with E-state index in [0.717, 1.165) is 0 Å². The molecule has 1 saturated heterocycles. The summed E-state index contributed by atoms with van der Waals surface area (Å²) in [6.45, 7) is 3.16.